The number of anilines is 1. The van der Waals surface area contributed by atoms with Gasteiger partial charge in [0.1, 0.15) is 4.83 Å². The summed E-state index contributed by atoms with van der Waals surface area (Å²) in [5, 5.41) is 11.7. The number of amides is 1. The zero-order valence-corrected chi connectivity index (χ0v) is 20.7. The van der Waals surface area contributed by atoms with Crippen LogP contribution in [0.3, 0.4) is 0 Å². The highest BCUT2D eigenvalue weighted by atomic mass is 32.2. The van der Waals surface area contributed by atoms with E-state index in [9.17, 15) is 9.59 Å². The largest absolute Gasteiger partial charge is 0.408 e. The van der Waals surface area contributed by atoms with Gasteiger partial charge in [-0.15, -0.1) is 16.4 Å². The molecule has 0 atom stereocenters. The maximum atomic E-state index is 13.7. The van der Waals surface area contributed by atoms with Gasteiger partial charge in [-0.2, -0.15) is 0 Å². The van der Waals surface area contributed by atoms with Crippen LogP contribution in [0.5, 0.6) is 0 Å². The summed E-state index contributed by atoms with van der Waals surface area (Å²) in [4.78, 5) is 33.1. The molecule has 1 amide bonds. The molecule has 0 unspecified atom stereocenters. The van der Waals surface area contributed by atoms with E-state index in [4.69, 9.17) is 9.40 Å². The Hall–Kier alpha value is -2.98. The number of aromatic nitrogens is 4. The number of fused-ring (bicyclic) bond motifs is 3. The van der Waals surface area contributed by atoms with Crippen molar-refractivity contribution in [3.63, 3.8) is 0 Å². The Balaban J connectivity index is 1.44. The Labute approximate surface area is 204 Å². The molecule has 0 fully saturated rings. The number of benzene rings is 1. The summed E-state index contributed by atoms with van der Waals surface area (Å²) in [5.41, 5.74) is 2.14. The lowest BCUT2D eigenvalue weighted by atomic mass is 9.97. The van der Waals surface area contributed by atoms with Crippen LogP contribution in [0.1, 0.15) is 54.5 Å². The number of hydrogen-bond donors (Lipinski definition) is 1. The molecule has 0 saturated carbocycles. The van der Waals surface area contributed by atoms with Crippen molar-refractivity contribution in [2.24, 2.45) is 0 Å². The van der Waals surface area contributed by atoms with E-state index >= 15 is 0 Å². The molecule has 10 heteroatoms. The van der Waals surface area contributed by atoms with Crippen molar-refractivity contribution in [3.05, 3.63) is 62.6 Å². The average Bonchev–Trinajstić information content (AvgIpc) is 3.45. The lowest BCUT2D eigenvalue weighted by molar-refractivity contribution is -0.113. The first kappa shape index (κ1) is 22.8. The van der Waals surface area contributed by atoms with Crippen molar-refractivity contribution >= 4 is 45.2 Å². The molecule has 176 valence electrons. The van der Waals surface area contributed by atoms with Crippen LogP contribution >= 0.6 is 23.1 Å². The van der Waals surface area contributed by atoms with Gasteiger partial charge < -0.3 is 4.42 Å². The predicted octanol–water partition coefficient (Wildman–Crippen LogP) is 4.62. The van der Waals surface area contributed by atoms with Crippen molar-refractivity contribution in [3.8, 4) is 0 Å². The number of thiophene rings is 1. The number of aryl methyl sites for hydroxylation is 2. The fourth-order valence-electron chi connectivity index (χ4n) is 4.04. The Morgan fingerprint density at radius 2 is 2.00 bits per heavy atom. The maximum Gasteiger partial charge on any atom is 0.322 e. The van der Waals surface area contributed by atoms with Crippen LogP contribution in [-0.4, -0.2) is 31.4 Å². The molecule has 34 heavy (non-hydrogen) atoms. The molecule has 0 radical (unpaired) electrons. The van der Waals surface area contributed by atoms with Gasteiger partial charge in [0, 0.05) is 10.8 Å². The first-order valence-electron chi connectivity index (χ1n) is 11.3. The number of thioether (sulfide) groups is 1. The second kappa shape index (κ2) is 9.71. The highest BCUT2D eigenvalue weighted by Gasteiger charge is 2.23. The van der Waals surface area contributed by atoms with Crippen molar-refractivity contribution in [1.29, 1.82) is 0 Å². The van der Waals surface area contributed by atoms with Crippen molar-refractivity contribution in [1.82, 2.24) is 19.7 Å². The Morgan fingerprint density at radius 1 is 1.21 bits per heavy atom. The lowest BCUT2D eigenvalue weighted by Crippen LogP contribution is -2.25. The normalized spacial score (nSPS) is 13.4. The standard InChI is InChI=1S/C24H25N5O3S2/c1-14(2)20-27-28-23(32-20)25-18(30)13-33-24-26-21-19(16-10-6-7-11-17(16)34-21)22(31)29(24)12-15-8-4-3-5-9-15/h3-5,8-9,14H,6-7,10-13H2,1-2H3,(H,25,28,30). The fourth-order valence-corrected chi connectivity index (χ4v) is 6.14. The zero-order chi connectivity index (χ0) is 23.7. The third kappa shape index (κ3) is 4.65. The summed E-state index contributed by atoms with van der Waals surface area (Å²) in [7, 11) is 0. The summed E-state index contributed by atoms with van der Waals surface area (Å²) in [6.07, 6.45) is 4.17. The Morgan fingerprint density at radius 3 is 2.76 bits per heavy atom. The van der Waals surface area contributed by atoms with E-state index in [-0.39, 0.29) is 29.2 Å². The fraction of sp³-hybridized carbons (Fsp3) is 0.375. The zero-order valence-electron chi connectivity index (χ0n) is 19.0. The molecule has 1 N–H and O–H groups in total. The second-order valence-electron chi connectivity index (χ2n) is 8.60. The van der Waals surface area contributed by atoms with Crippen LogP contribution < -0.4 is 10.9 Å². The van der Waals surface area contributed by atoms with Gasteiger partial charge in [0.2, 0.25) is 11.8 Å². The van der Waals surface area contributed by atoms with Gasteiger partial charge in [-0.05, 0) is 36.8 Å². The van der Waals surface area contributed by atoms with Gasteiger partial charge in [0.05, 0.1) is 17.7 Å². The van der Waals surface area contributed by atoms with E-state index in [1.807, 2.05) is 44.2 Å². The third-order valence-corrected chi connectivity index (χ3v) is 7.90. The molecule has 0 aliphatic heterocycles. The number of nitrogens with zero attached hydrogens (tertiary/aromatic N) is 4. The Bertz CT molecular complexity index is 1390. The summed E-state index contributed by atoms with van der Waals surface area (Å²) in [6.45, 7) is 4.27. The smallest absolute Gasteiger partial charge is 0.322 e. The first-order chi connectivity index (χ1) is 16.5. The van der Waals surface area contributed by atoms with Crippen LogP contribution in [0.4, 0.5) is 6.01 Å². The number of hydrogen-bond acceptors (Lipinski definition) is 8. The van der Waals surface area contributed by atoms with E-state index < -0.39 is 0 Å². The van der Waals surface area contributed by atoms with Gasteiger partial charge in [0.15, 0.2) is 5.16 Å². The number of rotatable bonds is 7. The van der Waals surface area contributed by atoms with Gasteiger partial charge in [0.25, 0.3) is 5.56 Å². The molecule has 4 aromatic rings. The predicted molar refractivity (Wildman–Crippen MR) is 134 cm³/mol. The molecule has 3 aromatic heterocycles. The van der Waals surface area contributed by atoms with Gasteiger partial charge in [-0.25, -0.2) is 4.98 Å². The molecule has 5 rings (SSSR count). The van der Waals surface area contributed by atoms with E-state index in [0.717, 1.165) is 47.0 Å². The topological polar surface area (TPSA) is 103 Å². The minimum Gasteiger partial charge on any atom is -0.408 e. The summed E-state index contributed by atoms with van der Waals surface area (Å²) < 4.78 is 7.16. The van der Waals surface area contributed by atoms with E-state index in [1.165, 1.54) is 16.6 Å². The molecule has 0 spiro atoms. The van der Waals surface area contributed by atoms with Crippen molar-refractivity contribution in [2.75, 3.05) is 11.1 Å². The molecule has 3 heterocycles. The van der Waals surface area contributed by atoms with E-state index in [0.29, 0.717) is 17.6 Å². The first-order valence-corrected chi connectivity index (χ1v) is 13.1. The minimum atomic E-state index is -0.296. The SMILES string of the molecule is CC(C)c1nnc(NC(=O)CSc2nc3sc4c(c3c(=O)n2Cc2ccccc2)CCCC4)o1. The lowest BCUT2D eigenvalue weighted by Gasteiger charge is -2.13. The number of nitrogens with one attached hydrogen (secondary N) is 1. The maximum absolute atomic E-state index is 13.7. The molecular weight excluding hydrogens is 470 g/mol. The van der Waals surface area contributed by atoms with Gasteiger partial charge in [-0.1, -0.05) is 61.0 Å². The molecule has 1 aromatic carbocycles. The summed E-state index contributed by atoms with van der Waals surface area (Å²) >= 11 is 2.85. The quantitative estimate of drug-likeness (QED) is 0.295. The van der Waals surface area contributed by atoms with Crippen LogP contribution in [-0.2, 0) is 24.2 Å². The molecule has 1 aliphatic rings. The van der Waals surface area contributed by atoms with Crippen molar-refractivity contribution < 1.29 is 9.21 Å². The number of carbonyl (C=O) groups excluding carboxylic acids is 1. The van der Waals surface area contributed by atoms with Gasteiger partial charge in [-0.3, -0.25) is 19.5 Å². The van der Waals surface area contributed by atoms with Crippen LogP contribution in [0.2, 0.25) is 0 Å². The highest BCUT2D eigenvalue weighted by molar-refractivity contribution is 7.99. The van der Waals surface area contributed by atoms with Gasteiger partial charge >= 0.3 is 6.01 Å². The van der Waals surface area contributed by atoms with E-state index in [2.05, 4.69) is 15.5 Å². The van der Waals surface area contributed by atoms with Crippen molar-refractivity contribution in [2.45, 2.75) is 57.1 Å². The summed E-state index contributed by atoms with van der Waals surface area (Å²) in [5.74, 6) is 0.313. The highest BCUT2D eigenvalue weighted by Crippen LogP contribution is 2.34. The molecular formula is C24H25N5O3S2. The molecule has 1 aliphatic carbocycles. The average molecular weight is 496 g/mol. The summed E-state index contributed by atoms with van der Waals surface area (Å²) in [6, 6.07) is 9.91. The van der Waals surface area contributed by atoms with E-state index in [1.54, 1.807) is 15.9 Å². The van der Waals surface area contributed by atoms with Crippen LogP contribution in [0, 0.1) is 0 Å². The van der Waals surface area contributed by atoms with Crippen LogP contribution in [0.25, 0.3) is 10.2 Å². The minimum absolute atomic E-state index is 0.0327. The Kier molecular flexibility index (Phi) is 6.51. The third-order valence-electron chi connectivity index (χ3n) is 5.74. The second-order valence-corrected chi connectivity index (χ2v) is 10.6. The number of carbonyl (C=O) groups is 1. The van der Waals surface area contributed by atoms with Crippen LogP contribution in [0.15, 0.2) is 44.7 Å². The molecule has 8 nitrogen and oxygen atoms in total. The molecule has 0 bridgehead atoms. The monoisotopic (exact) mass is 495 g/mol. The molecule has 0 saturated heterocycles.